The normalized spacial score (nSPS) is 20.0. The third kappa shape index (κ3) is 2.00. The molecule has 4 rings (SSSR count). The minimum Gasteiger partial charge on any atom is -0.300 e. The summed E-state index contributed by atoms with van der Waals surface area (Å²) in [6, 6.07) is 7.67. The molecule has 0 bridgehead atoms. The van der Waals surface area contributed by atoms with Crippen LogP contribution in [0.15, 0.2) is 69.8 Å². The van der Waals surface area contributed by atoms with Crippen molar-refractivity contribution < 1.29 is 5.21 Å². The van der Waals surface area contributed by atoms with E-state index in [1.165, 1.54) is 5.57 Å². The molecule has 0 saturated heterocycles. The number of allylic oxidation sites excluding steroid dienone is 1. The second-order valence-corrected chi connectivity index (χ2v) is 5.85. The Morgan fingerprint density at radius 2 is 2.00 bits per heavy atom. The summed E-state index contributed by atoms with van der Waals surface area (Å²) in [7, 11) is 0. The zero-order chi connectivity index (χ0) is 15.3. The van der Waals surface area contributed by atoms with E-state index >= 15 is 0 Å². The first kappa shape index (κ1) is 13.4. The van der Waals surface area contributed by atoms with Crippen LogP contribution < -0.4 is 4.90 Å². The first-order valence-corrected chi connectivity index (χ1v) is 7.32. The maximum absolute atomic E-state index is 9.74. The monoisotopic (exact) mass is 315 g/mol. The summed E-state index contributed by atoms with van der Waals surface area (Å²) in [6.07, 6.45) is 4.34. The summed E-state index contributed by atoms with van der Waals surface area (Å²) in [4.78, 5) is 3.94. The van der Waals surface area contributed by atoms with Crippen LogP contribution >= 0.6 is 11.6 Å². The quantitative estimate of drug-likeness (QED) is 0.855. The molecule has 0 spiro atoms. The van der Waals surface area contributed by atoms with Crippen LogP contribution in [0.4, 0.5) is 5.69 Å². The molecule has 0 radical (unpaired) electrons. The Morgan fingerprint density at radius 3 is 2.82 bits per heavy atom. The Morgan fingerprint density at radius 1 is 1.18 bits per heavy atom. The fourth-order valence-corrected chi connectivity index (χ4v) is 3.06. The molecule has 3 aliphatic heterocycles. The number of azo groups is 1. The van der Waals surface area contributed by atoms with Crippen LogP contribution in [0.3, 0.4) is 0 Å². The Kier molecular flexibility index (Phi) is 2.95. The minimum absolute atomic E-state index is 0.320. The lowest BCUT2D eigenvalue weighted by molar-refractivity contribution is -0.0511. The maximum atomic E-state index is 9.74. The topological polar surface area (TPSA) is 54.7 Å². The van der Waals surface area contributed by atoms with Gasteiger partial charge in [0.15, 0.2) is 5.82 Å². The molecule has 1 aromatic rings. The summed E-state index contributed by atoms with van der Waals surface area (Å²) in [6.45, 7) is 2.37. The lowest BCUT2D eigenvalue weighted by atomic mass is 10.1. The SMILES string of the molecule is CC1=CN(c2ccccc2Cl)C2=C(C1)N=NC1=CN(O)CN12. The number of anilines is 1. The molecule has 1 N–H and O–H groups in total. The van der Waals surface area contributed by atoms with Gasteiger partial charge in [-0.1, -0.05) is 29.3 Å². The van der Waals surface area contributed by atoms with Crippen molar-refractivity contribution in [3.8, 4) is 0 Å². The molecule has 0 unspecified atom stereocenters. The Labute approximate surface area is 132 Å². The maximum Gasteiger partial charge on any atom is 0.176 e. The summed E-state index contributed by atoms with van der Waals surface area (Å²) in [5.74, 6) is 1.50. The number of rotatable bonds is 1. The number of fused-ring (bicyclic) bond motifs is 2. The van der Waals surface area contributed by atoms with E-state index in [1.807, 2.05) is 34.1 Å². The Hall–Kier alpha value is -2.31. The van der Waals surface area contributed by atoms with E-state index in [9.17, 15) is 5.21 Å². The molecule has 3 heterocycles. The van der Waals surface area contributed by atoms with E-state index in [0.717, 1.165) is 28.7 Å². The third-order valence-electron chi connectivity index (χ3n) is 3.75. The Balaban J connectivity index is 1.85. The molecule has 0 aromatic heterocycles. The highest BCUT2D eigenvalue weighted by Gasteiger charge is 2.35. The number of benzene rings is 1. The predicted molar refractivity (Wildman–Crippen MR) is 82.6 cm³/mol. The molecular weight excluding hydrogens is 302 g/mol. The molecule has 22 heavy (non-hydrogen) atoms. The highest BCUT2D eigenvalue weighted by atomic mass is 35.5. The van der Waals surface area contributed by atoms with Crippen LogP contribution in [0.1, 0.15) is 13.3 Å². The van der Waals surface area contributed by atoms with Crippen LogP contribution in [0.25, 0.3) is 0 Å². The number of halogens is 1. The van der Waals surface area contributed by atoms with Gasteiger partial charge in [0.05, 0.1) is 16.9 Å². The smallest absolute Gasteiger partial charge is 0.176 e. The number of para-hydroxylation sites is 1. The second-order valence-electron chi connectivity index (χ2n) is 5.44. The minimum atomic E-state index is 0.320. The van der Waals surface area contributed by atoms with Crippen molar-refractivity contribution in [2.75, 3.05) is 11.6 Å². The van der Waals surface area contributed by atoms with Crippen LogP contribution in [-0.4, -0.2) is 21.8 Å². The summed E-state index contributed by atoms with van der Waals surface area (Å²) in [5, 5.41) is 20.0. The van der Waals surface area contributed by atoms with Crippen LogP contribution in [-0.2, 0) is 0 Å². The molecular formula is C15H14ClN5O. The summed E-state index contributed by atoms with van der Waals surface area (Å²) >= 11 is 6.37. The van der Waals surface area contributed by atoms with Gasteiger partial charge in [-0.25, -0.2) is 5.06 Å². The highest BCUT2D eigenvalue weighted by molar-refractivity contribution is 6.33. The van der Waals surface area contributed by atoms with Gasteiger partial charge in [-0.2, -0.15) is 0 Å². The fourth-order valence-electron chi connectivity index (χ4n) is 2.83. The molecule has 7 heteroatoms. The standard InChI is InChI=1S/C15H14ClN5O/c1-10-6-12-15(21-9-19(22)8-14(21)18-17-12)20(7-10)13-5-3-2-4-11(13)16/h2-5,7-8,22H,6,9H2,1H3. The van der Waals surface area contributed by atoms with Crippen molar-refractivity contribution in [3.63, 3.8) is 0 Å². The Bertz CT molecular complexity index is 767. The molecule has 0 amide bonds. The first-order chi connectivity index (χ1) is 10.6. The number of hydrogen-bond acceptors (Lipinski definition) is 6. The van der Waals surface area contributed by atoms with E-state index in [0.29, 0.717) is 17.5 Å². The van der Waals surface area contributed by atoms with Crippen molar-refractivity contribution >= 4 is 17.3 Å². The summed E-state index contributed by atoms with van der Waals surface area (Å²) in [5.41, 5.74) is 2.92. The molecule has 0 aliphatic carbocycles. The van der Waals surface area contributed by atoms with Gasteiger partial charge in [0.25, 0.3) is 0 Å². The highest BCUT2D eigenvalue weighted by Crippen LogP contribution is 2.40. The lowest BCUT2D eigenvalue weighted by Crippen LogP contribution is -2.37. The second kappa shape index (κ2) is 4.86. The van der Waals surface area contributed by atoms with Gasteiger partial charge in [-0.05, 0) is 19.1 Å². The largest absolute Gasteiger partial charge is 0.300 e. The van der Waals surface area contributed by atoms with E-state index in [2.05, 4.69) is 23.4 Å². The van der Waals surface area contributed by atoms with E-state index in [1.54, 1.807) is 6.20 Å². The van der Waals surface area contributed by atoms with Gasteiger partial charge >= 0.3 is 0 Å². The lowest BCUT2D eigenvalue weighted by Gasteiger charge is -2.37. The summed E-state index contributed by atoms with van der Waals surface area (Å²) < 4.78 is 0. The van der Waals surface area contributed by atoms with Crippen LogP contribution in [0.5, 0.6) is 0 Å². The zero-order valence-corrected chi connectivity index (χ0v) is 12.7. The molecule has 112 valence electrons. The van der Waals surface area contributed by atoms with E-state index in [4.69, 9.17) is 11.6 Å². The molecule has 3 aliphatic rings. The van der Waals surface area contributed by atoms with Gasteiger partial charge in [-0.3, -0.25) is 10.1 Å². The molecule has 1 aromatic carbocycles. The van der Waals surface area contributed by atoms with Crippen LogP contribution in [0, 0.1) is 0 Å². The predicted octanol–water partition coefficient (Wildman–Crippen LogP) is 3.85. The van der Waals surface area contributed by atoms with Crippen molar-refractivity contribution in [2.45, 2.75) is 13.3 Å². The fraction of sp³-hybridized carbons (Fsp3) is 0.200. The van der Waals surface area contributed by atoms with Gasteiger partial charge in [0, 0.05) is 12.6 Å². The van der Waals surface area contributed by atoms with Crippen LogP contribution in [0.2, 0.25) is 5.02 Å². The van der Waals surface area contributed by atoms with E-state index < -0.39 is 0 Å². The number of hydroxylamine groups is 2. The van der Waals surface area contributed by atoms with Crippen molar-refractivity contribution in [2.24, 2.45) is 10.2 Å². The average Bonchev–Trinajstić information content (AvgIpc) is 2.87. The van der Waals surface area contributed by atoms with Crippen molar-refractivity contribution in [1.29, 1.82) is 0 Å². The van der Waals surface area contributed by atoms with Gasteiger partial charge in [0.1, 0.15) is 18.2 Å². The number of hydrogen-bond donors (Lipinski definition) is 1. The number of nitrogens with zero attached hydrogens (tertiary/aromatic N) is 5. The average molecular weight is 316 g/mol. The molecule has 0 saturated carbocycles. The van der Waals surface area contributed by atoms with Crippen molar-refractivity contribution in [3.05, 3.63) is 64.6 Å². The van der Waals surface area contributed by atoms with Gasteiger partial charge in [0.2, 0.25) is 0 Å². The third-order valence-corrected chi connectivity index (χ3v) is 4.07. The van der Waals surface area contributed by atoms with Gasteiger partial charge < -0.3 is 4.90 Å². The van der Waals surface area contributed by atoms with E-state index in [-0.39, 0.29) is 0 Å². The molecule has 0 fully saturated rings. The van der Waals surface area contributed by atoms with Crippen molar-refractivity contribution in [1.82, 2.24) is 9.96 Å². The first-order valence-electron chi connectivity index (χ1n) is 6.94. The molecule has 0 atom stereocenters. The zero-order valence-electron chi connectivity index (χ0n) is 11.9. The molecule has 6 nitrogen and oxygen atoms in total. The van der Waals surface area contributed by atoms with Gasteiger partial charge in [-0.15, -0.1) is 10.2 Å².